The summed E-state index contributed by atoms with van der Waals surface area (Å²) < 4.78 is 16.0. The number of carbonyl (C=O) groups is 3. The molecule has 0 fully saturated rings. The SMILES string of the molecule is CCOc1ccccc1N1C(=O)C(Cl)=C(Nc2ccc(C(=O)Oc3cccc(OC)c3)cc2)C1=O. The van der Waals surface area contributed by atoms with E-state index in [4.69, 9.17) is 25.8 Å². The molecule has 0 saturated carbocycles. The van der Waals surface area contributed by atoms with Crippen LogP contribution in [0.4, 0.5) is 11.4 Å². The number of methoxy groups -OCH3 is 1. The number of imide groups is 1. The fourth-order valence-corrected chi connectivity index (χ4v) is 3.63. The van der Waals surface area contributed by atoms with Gasteiger partial charge in [-0.3, -0.25) is 9.59 Å². The largest absolute Gasteiger partial charge is 0.497 e. The molecule has 0 radical (unpaired) electrons. The first-order chi connectivity index (χ1) is 16.9. The molecule has 0 atom stereocenters. The van der Waals surface area contributed by atoms with E-state index >= 15 is 0 Å². The number of carbonyl (C=O) groups excluding carboxylic acids is 3. The highest BCUT2D eigenvalue weighted by Crippen LogP contribution is 2.35. The highest BCUT2D eigenvalue weighted by molar-refractivity contribution is 6.53. The normalized spacial score (nSPS) is 13.2. The molecule has 0 bridgehead atoms. The lowest BCUT2D eigenvalue weighted by Crippen LogP contribution is -2.32. The lowest BCUT2D eigenvalue weighted by atomic mass is 10.2. The predicted molar refractivity (Wildman–Crippen MR) is 131 cm³/mol. The van der Waals surface area contributed by atoms with Gasteiger partial charge in [-0.25, -0.2) is 9.69 Å². The Morgan fingerprint density at radius 1 is 0.943 bits per heavy atom. The van der Waals surface area contributed by atoms with Crippen LogP contribution in [-0.4, -0.2) is 31.5 Å². The lowest BCUT2D eigenvalue weighted by Gasteiger charge is -2.18. The van der Waals surface area contributed by atoms with Crippen LogP contribution in [0.1, 0.15) is 17.3 Å². The first kappa shape index (κ1) is 23.8. The molecule has 9 heteroatoms. The van der Waals surface area contributed by atoms with Crippen molar-refractivity contribution in [1.82, 2.24) is 0 Å². The van der Waals surface area contributed by atoms with Gasteiger partial charge in [-0.1, -0.05) is 29.8 Å². The van der Waals surface area contributed by atoms with Crippen molar-refractivity contribution in [3.8, 4) is 17.2 Å². The minimum absolute atomic E-state index is 0.0744. The zero-order valence-electron chi connectivity index (χ0n) is 18.9. The lowest BCUT2D eigenvalue weighted by molar-refractivity contribution is -0.120. The summed E-state index contributed by atoms with van der Waals surface area (Å²) in [6.07, 6.45) is 0. The second-order valence-electron chi connectivity index (χ2n) is 7.31. The second-order valence-corrected chi connectivity index (χ2v) is 7.68. The van der Waals surface area contributed by atoms with E-state index in [-0.39, 0.29) is 10.7 Å². The third-order valence-electron chi connectivity index (χ3n) is 5.07. The standard InChI is InChI=1S/C26H21ClN2O6/c1-3-34-21-10-5-4-9-20(21)29-24(30)22(27)23(25(29)31)28-17-13-11-16(12-14-17)26(32)35-19-8-6-7-18(15-19)33-2/h4-15,28H,3H2,1-2H3. The van der Waals surface area contributed by atoms with Gasteiger partial charge < -0.3 is 19.5 Å². The average Bonchev–Trinajstić information content (AvgIpc) is 3.08. The molecule has 1 aliphatic heterocycles. The van der Waals surface area contributed by atoms with Gasteiger partial charge in [-0.2, -0.15) is 0 Å². The van der Waals surface area contributed by atoms with Crippen molar-refractivity contribution >= 4 is 40.8 Å². The molecular weight excluding hydrogens is 472 g/mol. The molecule has 1 aliphatic rings. The summed E-state index contributed by atoms with van der Waals surface area (Å²) in [6, 6.07) is 19.6. The van der Waals surface area contributed by atoms with Gasteiger partial charge in [-0.05, 0) is 55.5 Å². The number of benzene rings is 3. The Hall–Kier alpha value is -4.30. The molecule has 1 N–H and O–H groups in total. The van der Waals surface area contributed by atoms with Crippen LogP contribution in [0.5, 0.6) is 17.2 Å². The maximum Gasteiger partial charge on any atom is 0.343 e. The molecule has 0 aromatic heterocycles. The second kappa shape index (κ2) is 10.3. The minimum atomic E-state index is -0.662. The van der Waals surface area contributed by atoms with Crippen LogP contribution in [0.2, 0.25) is 0 Å². The van der Waals surface area contributed by atoms with Crippen LogP contribution in [0, 0.1) is 0 Å². The van der Waals surface area contributed by atoms with Crippen LogP contribution >= 0.6 is 11.6 Å². The number of nitrogens with one attached hydrogen (secondary N) is 1. The third-order valence-corrected chi connectivity index (χ3v) is 5.43. The Morgan fingerprint density at radius 3 is 2.37 bits per heavy atom. The van der Waals surface area contributed by atoms with Crippen LogP contribution in [0.3, 0.4) is 0 Å². The van der Waals surface area contributed by atoms with Gasteiger partial charge in [0.25, 0.3) is 11.8 Å². The quantitative estimate of drug-likeness (QED) is 0.275. The van der Waals surface area contributed by atoms with Gasteiger partial charge in [0.2, 0.25) is 0 Å². The maximum absolute atomic E-state index is 13.1. The van der Waals surface area contributed by atoms with Gasteiger partial charge in [-0.15, -0.1) is 0 Å². The summed E-state index contributed by atoms with van der Waals surface area (Å²) in [5.41, 5.74) is 0.973. The Morgan fingerprint density at radius 2 is 1.66 bits per heavy atom. The van der Waals surface area contributed by atoms with E-state index in [1.54, 1.807) is 67.6 Å². The Kier molecular flexibility index (Phi) is 7.03. The smallest absolute Gasteiger partial charge is 0.343 e. The van der Waals surface area contributed by atoms with E-state index in [1.165, 1.54) is 19.2 Å². The molecule has 0 aliphatic carbocycles. The zero-order valence-corrected chi connectivity index (χ0v) is 19.7. The topological polar surface area (TPSA) is 94.2 Å². The van der Waals surface area contributed by atoms with Crippen LogP contribution < -0.4 is 24.4 Å². The van der Waals surface area contributed by atoms with Gasteiger partial charge in [0.15, 0.2) is 0 Å². The molecule has 0 saturated heterocycles. The van der Waals surface area contributed by atoms with E-state index < -0.39 is 17.8 Å². The summed E-state index contributed by atoms with van der Waals surface area (Å²) in [5.74, 6) is -0.544. The number of para-hydroxylation sites is 2. The molecule has 8 nitrogen and oxygen atoms in total. The van der Waals surface area contributed by atoms with Crippen molar-refractivity contribution in [2.45, 2.75) is 6.92 Å². The molecule has 0 spiro atoms. The predicted octanol–water partition coefficient (Wildman–Crippen LogP) is 4.75. The number of hydrogen-bond acceptors (Lipinski definition) is 7. The molecule has 4 rings (SSSR count). The number of hydrogen-bond donors (Lipinski definition) is 1. The van der Waals surface area contributed by atoms with Gasteiger partial charge in [0, 0.05) is 11.8 Å². The van der Waals surface area contributed by atoms with Crippen LogP contribution in [0.15, 0.2) is 83.5 Å². The summed E-state index contributed by atoms with van der Waals surface area (Å²) in [5, 5.41) is 2.63. The Balaban J connectivity index is 1.49. The highest BCUT2D eigenvalue weighted by atomic mass is 35.5. The Bertz CT molecular complexity index is 1320. The fraction of sp³-hybridized carbons (Fsp3) is 0.115. The molecule has 2 amide bonds. The monoisotopic (exact) mass is 492 g/mol. The van der Waals surface area contributed by atoms with Gasteiger partial charge in [0.05, 0.1) is 25.0 Å². The molecule has 178 valence electrons. The van der Waals surface area contributed by atoms with E-state index in [1.807, 2.05) is 0 Å². The van der Waals surface area contributed by atoms with Crippen molar-refractivity contribution in [1.29, 1.82) is 0 Å². The molecular formula is C26H21ClN2O6. The van der Waals surface area contributed by atoms with Gasteiger partial charge in [0.1, 0.15) is 28.0 Å². The first-order valence-electron chi connectivity index (χ1n) is 10.7. The summed E-state index contributed by atoms with van der Waals surface area (Å²) >= 11 is 6.22. The number of esters is 1. The Labute approximate surface area is 206 Å². The van der Waals surface area contributed by atoms with Crippen molar-refractivity contribution in [2.75, 3.05) is 23.9 Å². The van der Waals surface area contributed by atoms with Gasteiger partial charge >= 0.3 is 5.97 Å². The average molecular weight is 493 g/mol. The summed E-state index contributed by atoms with van der Waals surface area (Å²) in [7, 11) is 1.52. The van der Waals surface area contributed by atoms with Crippen molar-refractivity contribution in [3.05, 3.63) is 89.1 Å². The van der Waals surface area contributed by atoms with Crippen molar-refractivity contribution < 1.29 is 28.6 Å². The minimum Gasteiger partial charge on any atom is -0.497 e. The molecule has 1 heterocycles. The third kappa shape index (κ3) is 4.97. The van der Waals surface area contributed by atoms with E-state index in [9.17, 15) is 14.4 Å². The number of ether oxygens (including phenoxy) is 3. The summed E-state index contributed by atoms with van der Waals surface area (Å²) in [4.78, 5) is 39.3. The van der Waals surface area contributed by atoms with Crippen LogP contribution in [0.25, 0.3) is 0 Å². The molecule has 3 aromatic rings. The number of halogens is 1. The van der Waals surface area contributed by atoms with Crippen molar-refractivity contribution in [2.24, 2.45) is 0 Å². The fourth-order valence-electron chi connectivity index (χ4n) is 3.41. The maximum atomic E-state index is 13.1. The number of amides is 2. The van der Waals surface area contributed by atoms with Crippen LogP contribution in [-0.2, 0) is 9.59 Å². The van der Waals surface area contributed by atoms with E-state index in [2.05, 4.69) is 5.32 Å². The highest BCUT2D eigenvalue weighted by Gasteiger charge is 2.40. The number of nitrogens with zero attached hydrogens (tertiary/aromatic N) is 1. The molecule has 0 unspecified atom stereocenters. The van der Waals surface area contributed by atoms with E-state index in [0.717, 1.165) is 4.90 Å². The van der Waals surface area contributed by atoms with E-state index in [0.29, 0.717) is 40.8 Å². The molecule has 3 aromatic carbocycles. The molecule has 35 heavy (non-hydrogen) atoms. The first-order valence-corrected chi connectivity index (χ1v) is 11.0. The summed E-state index contributed by atoms with van der Waals surface area (Å²) in [6.45, 7) is 2.17. The zero-order chi connectivity index (χ0) is 24.9. The number of rotatable bonds is 8. The number of anilines is 2. The van der Waals surface area contributed by atoms with Crippen molar-refractivity contribution in [3.63, 3.8) is 0 Å².